The summed E-state index contributed by atoms with van der Waals surface area (Å²) in [7, 11) is 4.03. The van der Waals surface area contributed by atoms with E-state index in [1.165, 1.54) is 0 Å². The van der Waals surface area contributed by atoms with Crippen LogP contribution in [0, 0.1) is 0 Å². The number of nitrogens with one attached hydrogen (secondary N) is 1. The Bertz CT molecular complexity index is 569. The standard InChI is InChI=1S/C17H23N3O/c1-4-9-18-13-14-11-17(8-10-19-14)21-16-7-5-6-15(12-16)20(2)3/h5-8,10-12,18H,4,9,13H2,1-3H3. The van der Waals surface area contributed by atoms with E-state index in [4.69, 9.17) is 4.74 Å². The number of benzene rings is 1. The van der Waals surface area contributed by atoms with Crippen molar-refractivity contribution in [2.75, 3.05) is 25.5 Å². The van der Waals surface area contributed by atoms with Crippen LogP contribution in [0.15, 0.2) is 42.6 Å². The van der Waals surface area contributed by atoms with Gasteiger partial charge in [0.1, 0.15) is 11.5 Å². The summed E-state index contributed by atoms with van der Waals surface area (Å²) in [4.78, 5) is 6.40. The van der Waals surface area contributed by atoms with E-state index in [1.54, 1.807) is 6.20 Å². The van der Waals surface area contributed by atoms with Gasteiger partial charge in [0.25, 0.3) is 0 Å². The first kappa shape index (κ1) is 15.3. The van der Waals surface area contributed by atoms with Crippen molar-refractivity contribution in [1.82, 2.24) is 10.3 Å². The molecule has 0 atom stereocenters. The van der Waals surface area contributed by atoms with Gasteiger partial charge in [-0.2, -0.15) is 0 Å². The van der Waals surface area contributed by atoms with Crippen LogP contribution in [0.5, 0.6) is 11.5 Å². The van der Waals surface area contributed by atoms with Gasteiger partial charge in [-0.15, -0.1) is 0 Å². The van der Waals surface area contributed by atoms with Crippen molar-refractivity contribution in [1.29, 1.82) is 0 Å². The molecular weight excluding hydrogens is 262 g/mol. The molecule has 112 valence electrons. The molecule has 0 aliphatic rings. The van der Waals surface area contributed by atoms with Gasteiger partial charge in [0.05, 0.1) is 5.69 Å². The van der Waals surface area contributed by atoms with Gasteiger partial charge < -0.3 is 15.0 Å². The van der Waals surface area contributed by atoms with E-state index in [0.717, 1.165) is 42.4 Å². The lowest BCUT2D eigenvalue weighted by Crippen LogP contribution is -2.14. The Balaban J connectivity index is 2.05. The summed E-state index contributed by atoms with van der Waals surface area (Å²) < 4.78 is 5.92. The number of hydrogen-bond acceptors (Lipinski definition) is 4. The van der Waals surface area contributed by atoms with E-state index in [1.807, 2.05) is 44.4 Å². The fraction of sp³-hybridized carbons (Fsp3) is 0.353. The summed E-state index contributed by atoms with van der Waals surface area (Å²) in [5.41, 5.74) is 2.11. The Morgan fingerprint density at radius 3 is 2.71 bits per heavy atom. The highest BCUT2D eigenvalue weighted by Crippen LogP contribution is 2.25. The molecular formula is C17H23N3O. The number of anilines is 1. The molecule has 1 heterocycles. The summed E-state index contributed by atoms with van der Waals surface area (Å²) in [6.07, 6.45) is 2.90. The Kier molecular flexibility index (Phi) is 5.58. The minimum atomic E-state index is 0.767. The van der Waals surface area contributed by atoms with Crippen molar-refractivity contribution in [2.45, 2.75) is 19.9 Å². The van der Waals surface area contributed by atoms with E-state index >= 15 is 0 Å². The normalized spacial score (nSPS) is 10.4. The molecule has 0 aliphatic carbocycles. The van der Waals surface area contributed by atoms with Gasteiger partial charge in [0.15, 0.2) is 0 Å². The fourth-order valence-electron chi connectivity index (χ4n) is 1.97. The summed E-state index contributed by atoms with van der Waals surface area (Å²) in [5, 5.41) is 3.34. The van der Waals surface area contributed by atoms with Crippen LogP contribution >= 0.6 is 0 Å². The van der Waals surface area contributed by atoms with E-state index in [0.29, 0.717) is 0 Å². The molecule has 21 heavy (non-hydrogen) atoms. The number of aromatic nitrogens is 1. The highest BCUT2D eigenvalue weighted by Gasteiger charge is 2.02. The van der Waals surface area contributed by atoms with E-state index < -0.39 is 0 Å². The molecule has 0 radical (unpaired) electrons. The van der Waals surface area contributed by atoms with Crippen molar-refractivity contribution in [3.8, 4) is 11.5 Å². The van der Waals surface area contributed by atoms with Gasteiger partial charge in [0, 0.05) is 44.7 Å². The first-order valence-electron chi connectivity index (χ1n) is 7.30. The molecule has 1 N–H and O–H groups in total. The fourth-order valence-corrected chi connectivity index (χ4v) is 1.97. The predicted molar refractivity (Wildman–Crippen MR) is 87.1 cm³/mol. The van der Waals surface area contributed by atoms with Crippen LogP contribution < -0.4 is 15.0 Å². The first-order valence-corrected chi connectivity index (χ1v) is 7.30. The van der Waals surface area contributed by atoms with Crippen molar-refractivity contribution in [3.63, 3.8) is 0 Å². The smallest absolute Gasteiger partial charge is 0.130 e. The van der Waals surface area contributed by atoms with Gasteiger partial charge >= 0.3 is 0 Å². The van der Waals surface area contributed by atoms with Gasteiger partial charge in [-0.3, -0.25) is 4.98 Å². The number of nitrogens with zero attached hydrogens (tertiary/aromatic N) is 2. The Hall–Kier alpha value is -2.07. The molecule has 0 amide bonds. The minimum absolute atomic E-state index is 0.767. The summed E-state index contributed by atoms with van der Waals surface area (Å²) in [5.74, 6) is 1.65. The van der Waals surface area contributed by atoms with Gasteiger partial charge in [-0.05, 0) is 31.2 Å². The zero-order chi connectivity index (χ0) is 15.1. The second kappa shape index (κ2) is 7.64. The number of pyridine rings is 1. The van der Waals surface area contributed by atoms with Crippen molar-refractivity contribution >= 4 is 5.69 Å². The lowest BCUT2D eigenvalue weighted by atomic mass is 10.3. The first-order chi connectivity index (χ1) is 10.2. The molecule has 0 unspecified atom stereocenters. The molecule has 2 aromatic rings. The number of hydrogen-bond donors (Lipinski definition) is 1. The third-order valence-corrected chi connectivity index (χ3v) is 3.09. The highest BCUT2D eigenvalue weighted by atomic mass is 16.5. The monoisotopic (exact) mass is 285 g/mol. The van der Waals surface area contributed by atoms with Crippen LogP contribution in [0.25, 0.3) is 0 Å². The zero-order valence-corrected chi connectivity index (χ0v) is 13.0. The lowest BCUT2D eigenvalue weighted by Gasteiger charge is -2.14. The van der Waals surface area contributed by atoms with Crippen LogP contribution in [0.4, 0.5) is 5.69 Å². The van der Waals surface area contributed by atoms with Crippen molar-refractivity contribution in [3.05, 3.63) is 48.3 Å². The molecule has 0 saturated carbocycles. The lowest BCUT2D eigenvalue weighted by molar-refractivity contribution is 0.480. The van der Waals surface area contributed by atoms with E-state index in [9.17, 15) is 0 Å². The third kappa shape index (κ3) is 4.76. The summed E-state index contributed by atoms with van der Waals surface area (Å²) in [6, 6.07) is 11.9. The van der Waals surface area contributed by atoms with Gasteiger partial charge in [-0.25, -0.2) is 0 Å². The highest BCUT2D eigenvalue weighted by molar-refractivity contribution is 5.50. The largest absolute Gasteiger partial charge is 0.457 e. The molecule has 0 bridgehead atoms. The molecule has 0 fully saturated rings. The molecule has 2 rings (SSSR count). The third-order valence-electron chi connectivity index (χ3n) is 3.09. The molecule has 0 spiro atoms. The average molecular weight is 285 g/mol. The van der Waals surface area contributed by atoms with Crippen LogP contribution in [0.3, 0.4) is 0 Å². The minimum Gasteiger partial charge on any atom is -0.457 e. The topological polar surface area (TPSA) is 37.4 Å². The van der Waals surface area contributed by atoms with Crippen molar-refractivity contribution in [2.24, 2.45) is 0 Å². The van der Waals surface area contributed by atoms with Crippen LogP contribution in [-0.4, -0.2) is 25.6 Å². The molecule has 4 heteroatoms. The van der Waals surface area contributed by atoms with E-state index in [2.05, 4.69) is 28.2 Å². The van der Waals surface area contributed by atoms with Gasteiger partial charge in [-0.1, -0.05) is 13.0 Å². The zero-order valence-electron chi connectivity index (χ0n) is 13.0. The number of ether oxygens (including phenoxy) is 1. The maximum absolute atomic E-state index is 5.92. The quantitative estimate of drug-likeness (QED) is 0.791. The van der Waals surface area contributed by atoms with Crippen LogP contribution in [-0.2, 0) is 6.54 Å². The van der Waals surface area contributed by atoms with E-state index in [-0.39, 0.29) is 0 Å². The molecule has 4 nitrogen and oxygen atoms in total. The summed E-state index contributed by atoms with van der Waals surface area (Å²) >= 11 is 0. The second-order valence-corrected chi connectivity index (χ2v) is 5.15. The second-order valence-electron chi connectivity index (χ2n) is 5.15. The molecule has 0 saturated heterocycles. The summed E-state index contributed by atoms with van der Waals surface area (Å²) in [6.45, 7) is 3.91. The molecule has 0 aliphatic heterocycles. The number of rotatable bonds is 7. The maximum atomic E-state index is 5.92. The van der Waals surface area contributed by atoms with Crippen molar-refractivity contribution < 1.29 is 4.74 Å². The maximum Gasteiger partial charge on any atom is 0.130 e. The van der Waals surface area contributed by atoms with Crippen LogP contribution in [0.2, 0.25) is 0 Å². The SMILES string of the molecule is CCCNCc1cc(Oc2cccc(N(C)C)c2)ccn1. The Morgan fingerprint density at radius 2 is 1.95 bits per heavy atom. The van der Waals surface area contributed by atoms with Gasteiger partial charge in [0.2, 0.25) is 0 Å². The average Bonchev–Trinajstić information content (AvgIpc) is 2.48. The Morgan fingerprint density at radius 1 is 1.14 bits per heavy atom. The van der Waals surface area contributed by atoms with Crippen LogP contribution in [0.1, 0.15) is 19.0 Å². The molecule has 1 aromatic carbocycles. The molecule has 1 aromatic heterocycles. The predicted octanol–water partition coefficient (Wildman–Crippen LogP) is 3.44. The Labute approximate surface area is 126 Å².